The Bertz CT molecular complexity index is 761. The highest BCUT2D eigenvalue weighted by molar-refractivity contribution is 5.82. The van der Waals surface area contributed by atoms with Crippen molar-refractivity contribution < 1.29 is 9.18 Å². The molecule has 2 fully saturated rings. The molecule has 1 aromatic heterocycles. The molecule has 0 bridgehead atoms. The van der Waals surface area contributed by atoms with Crippen LogP contribution in [0.2, 0.25) is 0 Å². The average molecular weight is 326 g/mol. The summed E-state index contributed by atoms with van der Waals surface area (Å²) in [6.07, 6.45) is 6.06. The van der Waals surface area contributed by atoms with Gasteiger partial charge in [0.05, 0.1) is 5.52 Å². The van der Waals surface area contributed by atoms with Crippen molar-refractivity contribution in [3.05, 3.63) is 41.8 Å². The molecule has 4 heteroatoms. The maximum atomic E-state index is 13.7. The van der Waals surface area contributed by atoms with Gasteiger partial charge in [-0.25, -0.2) is 4.39 Å². The molecule has 1 aromatic carbocycles. The van der Waals surface area contributed by atoms with Crippen LogP contribution in [0.25, 0.3) is 10.9 Å². The maximum Gasteiger partial charge on any atom is 0.223 e. The predicted octanol–water partition coefficient (Wildman–Crippen LogP) is 4.03. The molecule has 0 saturated heterocycles. The van der Waals surface area contributed by atoms with Gasteiger partial charge in [-0.1, -0.05) is 0 Å². The number of carbonyl (C=O) groups excluding carboxylic acids is 1. The van der Waals surface area contributed by atoms with E-state index in [1.807, 2.05) is 13.1 Å². The molecular formula is C20H23FN2O. The first-order chi connectivity index (χ1) is 11.7. The van der Waals surface area contributed by atoms with E-state index >= 15 is 0 Å². The second kappa shape index (κ2) is 6.15. The second-order valence-corrected chi connectivity index (χ2v) is 7.31. The number of aromatic nitrogens is 1. The van der Waals surface area contributed by atoms with Crippen LogP contribution in [-0.4, -0.2) is 17.4 Å². The Morgan fingerprint density at radius 2 is 1.96 bits per heavy atom. The van der Waals surface area contributed by atoms with Crippen molar-refractivity contribution in [2.75, 3.05) is 6.54 Å². The zero-order valence-electron chi connectivity index (χ0n) is 14.0. The van der Waals surface area contributed by atoms with E-state index in [0.717, 1.165) is 36.6 Å². The smallest absolute Gasteiger partial charge is 0.223 e. The topological polar surface area (TPSA) is 42.0 Å². The minimum Gasteiger partial charge on any atom is -0.356 e. The lowest BCUT2D eigenvalue weighted by molar-refractivity contribution is -0.124. The van der Waals surface area contributed by atoms with Gasteiger partial charge in [0.2, 0.25) is 5.91 Å². The number of benzene rings is 1. The fourth-order valence-corrected chi connectivity index (χ4v) is 4.90. The molecule has 2 aliphatic carbocycles. The number of rotatable bonds is 3. The van der Waals surface area contributed by atoms with Crippen LogP contribution in [0, 0.1) is 23.6 Å². The predicted molar refractivity (Wildman–Crippen MR) is 92.1 cm³/mol. The number of nitrogens with one attached hydrogen (secondary N) is 1. The Labute approximate surface area is 141 Å². The molecule has 4 rings (SSSR count). The summed E-state index contributed by atoms with van der Waals surface area (Å²) < 4.78 is 13.7. The first-order valence-electron chi connectivity index (χ1n) is 8.97. The van der Waals surface area contributed by atoms with Gasteiger partial charge < -0.3 is 5.32 Å². The summed E-state index contributed by atoms with van der Waals surface area (Å²) in [4.78, 5) is 16.4. The van der Waals surface area contributed by atoms with Gasteiger partial charge in [0, 0.05) is 24.0 Å². The zero-order chi connectivity index (χ0) is 16.7. The van der Waals surface area contributed by atoms with Crippen molar-refractivity contribution >= 4 is 16.8 Å². The molecule has 24 heavy (non-hydrogen) atoms. The van der Waals surface area contributed by atoms with Gasteiger partial charge >= 0.3 is 0 Å². The number of amides is 1. The number of fused-ring (bicyclic) bond motifs is 2. The van der Waals surface area contributed by atoms with Crippen LogP contribution in [0.5, 0.6) is 0 Å². The fraction of sp³-hybridized carbons (Fsp3) is 0.500. The lowest BCUT2D eigenvalue weighted by atomic mass is 9.90. The Morgan fingerprint density at radius 3 is 2.67 bits per heavy atom. The molecule has 4 atom stereocenters. The van der Waals surface area contributed by atoms with Crippen LogP contribution in [0.3, 0.4) is 0 Å². The van der Waals surface area contributed by atoms with E-state index in [-0.39, 0.29) is 17.6 Å². The van der Waals surface area contributed by atoms with Crippen molar-refractivity contribution in [2.45, 2.75) is 38.5 Å². The number of nitrogens with zero attached hydrogens (tertiary/aromatic N) is 1. The largest absolute Gasteiger partial charge is 0.356 e. The monoisotopic (exact) mass is 326 g/mol. The summed E-state index contributed by atoms with van der Waals surface area (Å²) in [6.45, 7) is 2.68. The molecule has 0 radical (unpaired) electrons. The third-order valence-electron chi connectivity index (χ3n) is 5.91. The molecule has 1 N–H and O–H groups in total. The second-order valence-electron chi connectivity index (χ2n) is 7.31. The Hall–Kier alpha value is -1.97. The number of pyridine rings is 1. The summed E-state index contributed by atoms with van der Waals surface area (Å²) in [5, 5.41) is 3.91. The molecule has 3 nitrogen and oxygen atoms in total. The lowest BCUT2D eigenvalue weighted by Crippen LogP contribution is -2.29. The number of halogens is 1. The highest BCUT2D eigenvalue weighted by Gasteiger charge is 2.44. The average Bonchev–Trinajstić information content (AvgIpc) is 3.13. The van der Waals surface area contributed by atoms with Crippen molar-refractivity contribution in [2.24, 2.45) is 17.8 Å². The zero-order valence-corrected chi connectivity index (χ0v) is 14.0. The standard InChI is InChI=1S/C20H23FN2O/c1-2-22-20(24)15-9-12-7-14(8-13(12)10-15)17-5-6-23-19-4-3-16(21)11-18(17)19/h3-6,11-15H,2,7-10H2,1H3,(H,22,24)/t12-,13+,14?,15?. The SMILES string of the molecule is CCNC(=O)C1C[C@@H]2CC(c3ccnc4ccc(F)cc34)C[C@@H]2C1. The van der Waals surface area contributed by atoms with Crippen molar-refractivity contribution in [1.29, 1.82) is 0 Å². The molecular weight excluding hydrogens is 303 g/mol. The minimum absolute atomic E-state index is 0.188. The molecule has 0 spiro atoms. The van der Waals surface area contributed by atoms with Crippen molar-refractivity contribution in [3.8, 4) is 0 Å². The first-order valence-corrected chi connectivity index (χ1v) is 8.97. The molecule has 126 valence electrons. The van der Waals surface area contributed by atoms with E-state index in [4.69, 9.17) is 0 Å². The molecule has 2 unspecified atom stereocenters. The van der Waals surface area contributed by atoms with E-state index in [1.54, 1.807) is 12.1 Å². The number of hydrogen-bond donors (Lipinski definition) is 1. The van der Waals surface area contributed by atoms with Crippen molar-refractivity contribution in [1.82, 2.24) is 10.3 Å². The minimum atomic E-state index is -0.203. The summed E-state index contributed by atoms with van der Waals surface area (Å²) in [7, 11) is 0. The molecule has 2 aromatic rings. The highest BCUT2D eigenvalue weighted by atomic mass is 19.1. The Morgan fingerprint density at radius 1 is 1.21 bits per heavy atom. The van der Waals surface area contributed by atoms with Gasteiger partial charge in [0.1, 0.15) is 5.82 Å². The Balaban J connectivity index is 1.54. The molecule has 1 amide bonds. The van der Waals surface area contributed by atoms with E-state index < -0.39 is 0 Å². The van der Waals surface area contributed by atoms with E-state index in [1.165, 1.54) is 11.6 Å². The van der Waals surface area contributed by atoms with Crippen LogP contribution in [0.15, 0.2) is 30.5 Å². The molecule has 0 aliphatic heterocycles. The third-order valence-corrected chi connectivity index (χ3v) is 5.91. The van der Waals surface area contributed by atoms with Crippen LogP contribution < -0.4 is 5.32 Å². The summed E-state index contributed by atoms with van der Waals surface area (Å²) in [5.41, 5.74) is 2.09. The van der Waals surface area contributed by atoms with Gasteiger partial charge in [-0.05, 0) is 80.2 Å². The van der Waals surface area contributed by atoms with Gasteiger partial charge in [-0.2, -0.15) is 0 Å². The normalized spacial score (nSPS) is 28.9. The van der Waals surface area contributed by atoms with Gasteiger partial charge in [0.25, 0.3) is 0 Å². The maximum absolute atomic E-state index is 13.7. The third kappa shape index (κ3) is 2.68. The van der Waals surface area contributed by atoms with Crippen LogP contribution in [-0.2, 0) is 4.79 Å². The number of carbonyl (C=O) groups is 1. The first kappa shape index (κ1) is 15.6. The highest BCUT2D eigenvalue weighted by Crippen LogP contribution is 2.53. The summed E-state index contributed by atoms with van der Waals surface area (Å²) in [5.74, 6) is 1.92. The quantitative estimate of drug-likeness (QED) is 0.925. The van der Waals surface area contributed by atoms with Gasteiger partial charge in [-0.3, -0.25) is 9.78 Å². The number of hydrogen-bond acceptors (Lipinski definition) is 2. The van der Waals surface area contributed by atoms with E-state index in [2.05, 4.69) is 16.4 Å². The van der Waals surface area contributed by atoms with Crippen LogP contribution >= 0.6 is 0 Å². The van der Waals surface area contributed by atoms with Crippen LogP contribution in [0.1, 0.15) is 44.1 Å². The summed E-state index contributed by atoms with van der Waals surface area (Å²) >= 11 is 0. The van der Waals surface area contributed by atoms with Gasteiger partial charge in [0.15, 0.2) is 0 Å². The van der Waals surface area contributed by atoms with Crippen molar-refractivity contribution in [3.63, 3.8) is 0 Å². The molecule has 2 saturated carbocycles. The fourth-order valence-electron chi connectivity index (χ4n) is 4.90. The summed E-state index contributed by atoms with van der Waals surface area (Å²) in [6, 6.07) is 6.90. The van der Waals surface area contributed by atoms with Crippen LogP contribution in [0.4, 0.5) is 4.39 Å². The Kier molecular flexibility index (Phi) is 3.99. The molecule has 2 aliphatic rings. The lowest BCUT2D eigenvalue weighted by Gasteiger charge is -2.16. The van der Waals surface area contributed by atoms with E-state index in [0.29, 0.717) is 24.3 Å². The van der Waals surface area contributed by atoms with Gasteiger partial charge in [-0.15, -0.1) is 0 Å². The van der Waals surface area contributed by atoms with E-state index in [9.17, 15) is 9.18 Å². The molecule has 1 heterocycles.